The Labute approximate surface area is 188 Å². The van der Waals surface area contributed by atoms with Gasteiger partial charge in [-0.3, -0.25) is 9.59 Å². The zero-order chi connectivity index (χ0) is 22.2. The molecule has 1 saturated heterocycles. The molecule has 3 rings (SSSR count). The number of likely N-dealkylation sites (tertiary alicyclic amines) is 1. The van der Waals surface area contributed by atoms with E-state index in [-0.39, 0.29) is 34.4 Å². The molecule has 0 spiro atoms. The second-order valence-electron chi connectivity index (χ2n) is 7.85. The molecular formula is C21H21Cl2NO5S. The minimum atomic E-state index is -1.66. The Morgan fingerprint density at radius 3 is 2.40 bits per heavy atom. The first-order chi connectivity index (χ1) is 14.1. The van der Waals surface area contributed by atoms with Gasteiger partial charge in [0.25, 0.3) is 5.91 Å². The molecule has 3 atom stereocenters. The summed E-state index contributed by atoms with van der Waals surface area (Å²) in [5, 5.41) is 22.4. The zero-order valence-corrected chi connectivity index (χ0v) is 18.7. The van der Waals surface area contributed by atoms with Gasteiger partial charge in [-0.15, -0.1) is 11.3 Å². The van der Waals surface area contributed by atoms with Gasteiger partial charge in [0.1, 0.15) is 5.54 Å². The van der Waals surface area contributed by atoms with E-state index in [9.17, 15) is 24.6 Å². The Balaban J connectivity index is 2.23. The fourth-order valence-corrected chi connectivity index (χ4v) is 5.43. The molecule has 1 amide bonds. The molecule has 0 radical (unpaired) electrons. The van der Waals surface area contributed by atoms with Gasteiger partial charge in [0.05, 0.1) is 22.0 Å². The van der Waals surface area contributed by atoms with Crippen molar-refractivity contribution in [3.63, 3.8) is 0 Å². The lowest BCUT2D eigenvalue weighted by molar-refractivity contribution is -0.150. The van der Waals surface area contributed by atoms with Crippen LogP contribution in [-0.2, 0) is 9.59 Å². The van der Waals surface area contributed by atoms with E-state index in [1.807, 2.05) is 13.8 Å². The summed E-state index contributed by atoms with van der Waals surface area (Å²) in [5.41, 5.74) is -1.50. The summed E-state index contributed by atoms with van der Waals surface area (Å²) in [6.45, 7) is 3.70. The smallest absolute Gasteiger partial charge is 0.329 e. The standard InChI is InChI=1S/C21H21Cl2NO5S/c1-11(2)9-21(20(28)29)10-13(19(26)27)17(16-4-3-7-30-16)24(21)18(25)12-5-6-14(22)15(23)8-12/h3-8,11,13,17H,9-10H2,1-2H3,(H,26,27)(H,28,29)/t13-,17+,21-/m0/s1. The molecule has 2 N–H and O–H groups in total. The van der Waals surface area contributed by atoms with Crippen LogP contribution in [0.4, 0.5) is 0 Å². The Kier molecular flexibility index (Phi) is 6.45. The quantitative estimate of drug-likeness (QED) is 0.604. The summed E-state index contributed by atoms with van der Waals surface area (Å²) >= 11 is 13.4. The fraction of sp³-hybridized carbons (Fsp3) is 0.381. The minimum absolute atomic E-state index is 0.0817. The summed E-state index contributed by atoms with van der Waals surface area (Å²) in [4.78, 5) is 40.3. The van der Waals surface area contributed by atoms with E-state index in [2.05, 4.69) is 0 Å². The van der Waals surface area contributed by atoms with Crippen LogP contribution < -0.4 is 0 Å². The van der Waals surface area contributed by atoms with E-state index >= 15 is 0 Å². The third kappa shape index (κ3) is 3.94. The molecule has 0 aliphatic carbocycles. The van der Waals surface area contributed by atoms with Gasteiger partial charge in [-0.2, -0.15) is 0 Å². The summed E-state index contributed by atoms with van der Waals surface area (Å²) in [6, 6.07) is 6.90. The lowest BCUT2D eigenvalue weighted by Gasteiger charge is -2.39. The van der Waals surface area contributed by atoms with Crippen LogP contribution in [0.1, 0.15) is 48.0 Å². The maximum absolute atomic E-state index is 13.7. The first-order valence-electron chi connectivity index (χ1n) is 9.37. The van der Waals surface area contributed by atoms with Gasteiger partial charge in [0.2, 0.25) is 0 Å². The van der Waals surface area contributed by atoms with Crippen LogP contribution >= 0.6 is 34.5 Å². The molecular weight excluding hydrogens is 449 g/mol. The van der Waals surface area contributed by atoms with Gasteiger partial charge < -0.3 is 15.1 Å². The Hall–Kier alpha value is -2.09. The minimum Gasteiger partial charge on any atom is -0.481 e. The average molecular weight is 470 g/mol. The summed E-state index contributed by atoms with van der Waals surface area (Å²) in [7, 11) is 0. The molecule has 0 saturated carbocycles. The van der Waals surface area contributed by atoms with Crippen molar-refractivity contribution in [3.8, 4) is 0 Å². The molecule has 1 aliphatic heterocycles. The molecule has 1 aliphatic rings. The van der Waals surface area contributed by atoms with Gasteiger partial charge >= 0.3 is 11.9 Å². The highest BCUT2D eigenvalue weighted by molar-refractivity contribution is 7.10. The molecule has 160 valence electrons. The second-order valence-corrected chi connectivity index (χ2v) is 9.64. The summed E-state index contributed by atoms with van der Waals surface area (Å²) in [6.07, 6.45) is -0.0491. The molecule has 2 heterocycles. The van der Waals surface area contributed by atoms with Crippen molar-refractivity contribution >= 4 is 52.4 Å². The molecule has 0 bridgehead atoms. The highest BCUT2D eigenvalue weighted by Crippen LogP contribution is 2.51. The normalized spacial score (nSPS) is 23.7. The molecule has 2 aromatic rings. The third-order valence-corrected chi connectivity index (χ3v) is 7.04. The number of carbonyl (C=O) groups is 3. The summed E-state index contributed by atoms with van der Waals surface area (Å²) < 4.78 is 0. The van der Waals surface area contributed by atoms with E-state index in [0.717, 1.165) is 0 Å². The van der Waals surface area contributed by atoms with Crippen molar-refractivity contribution in [3.05, 3.63) is 56.2 Å². The summed E-state index contributed by atoms with van der Waals surface area (Å²) in [5.74, 6) is -4.06. The largest absolute Gasteiger partial charge is 0.481 e. The maximum atomic E-state index is 13.7. The van der Waals surface area contributed by atoms with Crippen molar-refractivity contribution in [2.45, 2.75) is 38.3 Å². The number of nitrogens with zero attached hydrogens (tertiary/aromatic N) is 1. The van der Waals surface area contributed by atoms with E-state index < -0.39 is 35.3 Å². The number of benzene rings is 1. The molecule has 9 heteroatoms. The van der Waals surface area contributed by atoms with Crippen LogP contribution in [0.15, 0.2) is 35.7 Å². The molecule has 1 aromatic heterocycles. The highest BCUT2D eigenvalue weighted by atomic mass is 35.5. The lowest BCUT2D eigenvalue weighted by atomic mass is 9.83. The first-order valence-corrected chi connectivity index (χ1v) is 11.0. The first kappa shape index (κ1) is 22.6. The van der Waals surface area contributed by atoms with Gasteiger partial charge in [0, 0.05) is 10.4 Å². The number of carboxylic acid groups (broad SMARTS) is 2. The average Bonchev–Trinajstić information content (AvgIpc) is 3.29. The predicted molar refractivity (Wildman–Crippen MR) is 115 cm³/mol. The molecule has 6 nitrogen and oxygen atoms in total. The van der Waals surface area contributed by atoms with Crippen LogP contribution in [0.3, 0.4) is 0 Å². The number of carbonyl (C=O) groups excluding carboxylic acids is 1. The monoisotopic (exact) mass is 469 g/mol. The molecule has 1 aromatic carbocycles. The van der Waals surface area contributed by atoms with Crippen molar-refractivity contribution in [2.24, 2.45) is 11.8 Å². The molecule has 30 heavy (non-hydrogen) atoms. The number of aliphatic carboxylic acids is 2. The highest BCUT2D eigenvalue weighted by Gasteiger charge is 2.61. The lowest BCUT2D eigenvalue weighted by Crippen LogP contribution is -2.54. The number of amides is 1. The Morgan fingerprint density at radius 2 is 1.90 bits per heavy atom. The van der Waals surface area contributed by atoms with Crippen LogP contribution in [0.25, 0.3) is 0 Å². The van der Waals surface area contributed by atoms with E-state index in [0.29, 0.717) is 4.88 Å². The van der Waals surface area contributed by atoms with Gasteiger partial charge in [-0.1, -0.05) is 43.1 Å². The van der Waals surface area contributed by atoms with Crippen LogP contribution in [-0.4, -0.2) is 38.5 Å². The van der Waals surface area contributed by atoms with Gasteiger partial charge in [-0.05, 0) is 48.4 Å². The number of rotatable bonds is 6. The SMILES string of the molecule is CC(C)C[C@@]1(C(=O)O)C[C@H](C(=O)O)[C@H](c2cccs2)N1C(=O)c1ccc(Cl)c(Cl)c1. The van der Waals surface area contributed by atoms with Crippen molar-refractivity contribution in [1.29, 1.82) is 0 Å². The van der Waals surface area contributed by atoms with E-state index in [1.54, 1.807) is 17.5 Å². The third-order valence-electron chi connectivity index (χ3n) is 5.36. The van der Waals surface area contributed by atoms with Crippen molar-refractivity contribution in [1.82, 2.24) is 4.90 Å². The van der Waals surface area contributed by atoms with Gasteiger partial charge in [-0.25, -0.2) is 4.79 Å². The Bertz CT molecular complexity index is 978. The number of hydrogen-bond acceptors (Lipinski definition) is 4. The van der Waals surface area contributed by atoms with Crippen LogP contribution in [0.2, 0.25) is 10.0 Å². The second kappa shape index (κ2) is 8.57. The van der Waals surface area contributed by atoms with Crippen LogP contribution in [0.5, 0.6) is 0 Å². The number of carboxylic acids is 2. The van der Waals surface area contributed by atoms with Crippen LogP contribution in [0, 0.1) is 11.8 Å². The van der Waals surface area contributed by atoms with E-state index in [1.165, 1.54) is 34.4 Å². The predicted octanol–water partition coefficient (Wildman–Crippen LogP) is 5.21. The number of halogens is 2. The molecule has 1 fully saturated rings. The van der Waals surface area contributed by atoms with Crippen molar-refractivity contribution in [2.75, 3.05) is 0 Å². The van der Waals surface area contributed by atoms with Gasteiger partial charge in [0.15, 0.2) is 0 Å². The topological polar surface area (TPSA) is 94.9 Å². The van der Waals surface area contributed by atoms with E-state index in [4.69, 9.17) is 23.2 Å². The number of thiophene rings is 1. The molecule has 0 unspecified atom stereocenters. The maximum Gasteiger partial charge on any atom is 0.329 e. The van der Waals surface area contributed by atoms with Crippen molar-refractivity contribution < 1.29 is 24.6 Å². The number of hydrogen-bond donors (Lipinski definition) is 2. The fourth-order valence-electron chi connectivity index (χ4n) is 4.25. The zero-order valence-electron chi connectivity index (χ0n) is 16.3. The Morgan fingerprint density at radius 1 is 1.20 bits per heavy atom.